The standard InChI is InChI=1S/C12H18N2O4S2/c1-10-3-4-11(9-12(10)13)20(17,18)14-5-2-7-19(15,16)8-6-14/h3-4,9H,2,5-8,13H2,1H3. The Kier molecular flexibility index (Phi) is 4.08. The van der Waals surface area contributed by atoms with Gasteiger partial charge in [-0.3, -0.25) is 0 Å². The van der Waals surface area contributed by atoms with Crippen molar-refractivity contribution in [2.45, 2.75) is 18.2 Å². The van der Waals surface area contributed by atoms with Crippen LogP contribution >= 0.6 is 0 Å². The molecule has 0 unspecified atom stereocenters. The third kappa shape index (κ3) is 3.13. The van der Waals surface area contributed by atoms with Crippen molar-refractivity contribution in [1.82, 2.24) is 4.31 Å². The molecule has 0 bridgehead atoms. The van der Waals surface area contributed by atoms with Crippen LogP contribution in [0, 0.1) is 6.92 Å². The molecule has 1 heterocycles. The Morgan fingerprint density at radius 2 is 1.90 bits per heavy atom. The van der Waals surface area contributed by atoms with Crippen molar-refractivity contribution in [2.24, 2.45) is 0 Å². The minimum atomic E-state index is -3.69. The SMILES string of the molecule is Cc1ccc(S(=O)(=O)N2CCCS(=O)(=O)CC2)cc1N. The predicted octanol–water partition coefficient (Wildman–Crippen LogP) is 0.386. The molecule has 6 nitrogen and oxygen atoms in total. The van der Waals surface area contributed by atoms with E-state index in [2.05, 4.69) is 0 Å². The second-order valence-corrected chi connectivity index (χ2v) is 9.17. The molecule has 1 aromatic carbocycles. The van der Waals surface area contributed by atoms with E-state index in [9.17, 15) is 16.8 Å². The van der Waals surface area contributed by atoms with E-state index in [-0.39, 0.29) is 29.5 Å². The van der Waals surface area contributed by atoms with Gasteiger partial charge < -0.3 is 5.73 Å². The number of sulfonamides is 1. The summed E-state index contributed by atoms with van der Waals surface area (Å²) >= 11 is 0. The fourth-order valence-electron chi connectivity index (χ4n) is 2.08. The van der Waals surface area contributed by atoms with Crippen molar-refractivity contribution in [1.29, 1.82) is 0 Å². The third-order valence-electron chi connectivity index (χ3n) is 3.40. The molecule has 112 valence electrons. The van der Waals surface area contributed by atoms with Crippen LogP contribution in [0.1, 0.15) is 12.0 Å². The number of nitrogen functional groups attached to an aromatic ring is 1. The lowest BCUT2D eigenvalue weighted by Gasteiger charge is -2.19. The topological polar surface area (TPSA) is 97.5 Å². The summed E-state index contributed by atoms with van der Waals surface area (Å²) in [5.74, 6) is -0.0946. The van der Waals surface area contributed by atoms with E-state index < -0.39 is 19.9 Å². The van der Waals surface area contributed by atoms with Crippen molar-refractivity contribution in [3.8, 4) is 0 Å². The highest BCUT2D eigenvalue weighted by Gasteiger charge is 2.29. The summed E-state index contributed by atoms with van der Waals surface area (Å²) in [6, 6.07) is 4.57. The summed E-state index contributed by atoms with van der Waals surface area (Å²) in [7, 11) is -6.83. The zero-order valence-electron chi connectivity index (χ0n) is 11.2. The Hall–Kier alpha value is -1.12. The molecule has 0 radical (unpaired) electrons. The van der Waals surface area contributed by atoms with E-state index in [4.69, 9.17) is 5.73 Å². The van der Waals surface area contributed by atoms with Crippen molar-refractivity contribution in [3.63, 3.8) is 0 Å². The smallest absolute Gasteiger partial charge is 0.243 e. The number of aryl methyl sites for hydroxylation is 1. The number of anilines is 1. The number of benzene rings is 1. The van der Waals surface area contributed by atoms with Crippen LogP contribution in [0.25, 0.3) is 0 Å². The van der Waals surface area contributed by atoms with Gasteiger partial charge in [-0.05, 0) is 31.0 Å². The predicted molar refractivity (Wildman–Crippen MR) is 77.6 cm³/mol. The molecular formula is C12H18N2O4S2. The molecule has 1 aromatic rings. The largest absolute Gasteiger partial charge is 0.398 e. The lowest BCUT2D eigenvalue weighted by molar-refractivity contribution is 0.434. The van der Waals surface area contributed by atoms with Crippen molar-refractivity contribution in [3.05, 3.63) is 23.8 Å². The van der Waals surface area contributed by atoms with E-state index in [1.807, 2.05) is 0 Å². The van der Waals surface area contributed by atoms with E-state index in [1.54, 1.807) is 13.0 Å². The summed E-state index contributed by atoms with van der Waals surface area (Å²) in [6.07, 6.45) is 0.322. The van der Waals surface area contributed by atoms with Gasteiger partial charge in [-0.25, -0.2) is 16.8 Å². The van der Waals surface area contributed by atoms with Gasteiger partial charge in [0.15, 0.2) is 9.84 Å². The van der Waals surface area contributed by atoms with Crippen LogP contribution < -0.4 is 5.73 Å². The lowest BCUT2D eigenvalue weighted by Crippen LogP contribution is -2.33. The minimum absolute atomic E-state index is 0.00154. The highest BCUT2D eigenvalue weighted by atomic mass is 32.2. The Balaban J connectivity index is 2.32. The van der Waals surface area contributed by atoms with E-state index in [1.165, 1.54) is 16.4 Å². The van der Waals surface area contributed by atoms with Gasteiger partial charge in [0.1, 0.15) is 0 Å². The summed E-state index contributed by atoms with van der Waals surface area (Å²) in [6.45, 7) is 2.01. The van der Waals surface area contributed by atoms with Gasteiger partial charge in [-0.2, -0.15) is 4.31 Å². The highest BCUT2D eigenvalue weighted by Crippen LogP contribution is 2.22. The van der Waals surface area contributed by atoms with Crippen LogP contribution in [0.4, 0.5) is 5.69 Å². The Morgan fingerprint density at radius 3 is 2.55 bits per heavy atom. The third-order valence-corrected chi connectivity index (χ3v) is 7.01. The zero-order chi connectivity index (χ0) is 15.0. The van der Waals surface area contributed by atoms with Gasteiger partial charge >= 0.3 is 0 Å². The summed E-state index contributed by atoms with van der Waals surface area (Å²) < 4.78 is 49.3. The first-order valence-electron chi connectivity index (χ1n) is 6.29. The molecule has 8 heteroatoms. The number of sulfone groups is 1. The number of rotatable bonds is 2. The van der Waals surface area contributed by atoms with Crippen LogP contribution in [-0.2, 0) is 19.9 Å². The molecule has 0 atom stereocenters. The Bertz CT molecular complexity index is 711. The molecule has 2 rings (SSSR count). The van der Waals surface area contributed by atoms with Crippen LogP contribution in [-0.4, -0.2) is 45.7 Å². The van der Waals surface area contributed by atoms with E-state index in [0.29, 0.717) is 12.1 Å². The maximum absolute atomic E-state index is 12.5. The molecule has 1 aliphatic rings. The number of nitrogens with zero attached hydrogens (tertiary/aromatic N) is 1. The normalized spacial score (nSPS) is 20.4. The van der Waals surface area contributed by atoms with Crippen molar-refractivity contribution >= 4 is 25.5 Å². The van der Waals surface area contributed by atoms with Gasteiger partial charge in [0, 0.05) is 18.8 Å². The number of nitrogens with two attached hydrogens (primary N) is 1. The monoisotopic (exact) mass is 318 g/mol. The zero-order valence-corrected chi connectivity index (χ0v) is 12.9. The molecule has 1 aliphatic heterocycles. The average Bonchev–Trinajstić information content (AvgIpc) is 2.54. The second-order valence-electron chi connectivity index (χ2n) is 4.93. The van der Waals surface area contributed by atoms with Crippen molar-refractivity contribution < 1.29 is 16.8 Å². The molecule has 0 saturated carbocycles. The minimum Gasteiger partial charge on any atom is -0.398 e. The molecule has 0 spiro atoms. The molecule has 0 aromatic heterocycles. The molecular weight excluding hydrogens is 300 g/mol. The van der Waals surface area contributed by atoms with Gasteiger partial charge in [0.05, 0.1) is 16.4 Å². The lowest BCUT2D eigenvalue weighted by atomic mass is 10.2. The highest BCUT2D eigenvalue weighted by molar-refractivity contribution is 7.91. The van der Waals surface area contributed by atoms with Gasteiger partial charge in [0.2, 0.25) is 10.0 Å². The Morgan fingerprint density at radius 1 is 1.20 bits per heavy atom. The van der Waals surface area contributed by atoms with Crippen LogP contribution in [0.2, 0.25) is 0 Å². The van der Waals surface area contributed by atoms with Crippen LogP contribution in [0.3, 0.4) is 0 Å². The van der Waals surface area contributed by atoms with Gasteiger partial charge in [-0.1, -0.05) is 6.07 Å². The molecule has 1 saturated heterocycles. The summed E-state index contributed by atoms with van der Waals surface area (Å²) in [4.78, 5) is 0.111. The van der Waals surface area contributed by atoms with Crippen LogP contribution in [0.5, 0.6) is 0 Å². The Labute approximate surface area is 119 Å². The van der Waals surface area contributed by atoms with Crippen molar-refractivity contribution in [2.75, 3.05) is 30.3 Å². The molecule has 20 heavy (non-hydrogen) atoms. The van der Waals surface area contributed by atoms with Crippen LogP contribution in [0.15, 0.2) is 23.1 Å². The van der Waals surface area contributed by atoms with Gasteiger partial charge in [-0.15, -0.1) is 0 Å². The first-order valence-corrected chi connectivity index (χ1v) is 9.55. The maximum atomic E-state index is 12.5. The molecule has 1 fully saturated rings. The van der Waals surface area contributed by atoms with E-state index >= 15 is 0 Å². The molecule has 0 aliphatic carbocycles. The summed E-state index contributed by atoms with van der Waals surface area (Å²) in [5.41, 5.74) is 6.96. The number of hydrogen-bond acceptors (Lipinski definition) is 5. The van der Waals surface area contributed by atoms with E-state index in [0.717, 1.165) is 5.56 Å². The maximum Gasteiger partial charge on any atom is 0.243 e. The second kappa shape index (κ2) is 5.34. The fraction of sp³-hybridized carbons (Fsp3) is 0.500. The number of hydrogen-bond donors (Lipinski definition) is 1. The summed E-state index contributed by atoms with van der Waals surface area (Å²) in [5, 5.41) is 0. The molecule has 2 N–H and O–H groups in total. The first-order chi connectivity index (χ1) is 9.22. The fourth-order valence-corrected chi connectivity index (χ4v) is 4.99. The molecule has 0 amide bonds. The quantitative estimate of drug-likeness (QED) is 0.795. The first kappa shape index (κ1) is 15.3. The average molecular weight is 318 g/mol. The van der Waals surface area contributed by atoms with Gasteiger partial charge in [0.25, 0.3) is 0 Å².